The first-order chi connectivity index (χ1) is 10.5. The Bertz CT molecular complexity index is 562. The minimum atomic E-state index is -0.910. The van der Waals surface area contributed by atoms with Crippen LogP contribution in [0.1, 0.15) is 25.7 Å². The molecule has 1 aliphatic carbocycles. The zero-order chi connectivity index (χ0) is 16.1. The smallest absolute Gasteiger partial charge is 0.313 e. The van der Waals surface area contributed by atoms with Crippen molar-refractivity contribution in [1.29, 1.82) is 0 Å². The Kier molecular flexibility index (Phi) is 5.74. The van der Waals surface area contributed by atoms with E-state index in [0.717, 1.165) is 37.8 Å². The van der Waals surface area contributed by atoms with Gasteiger partial charge in [0.25, 0.3) is 0 Å². The molecular weight excluding hydrogens is 311 g/mol. The van der Waals surface area contributed by atoms with E-state index in [2.05, 4.69) is 10.6 Å². The molecular formula is C15H18ClFN2O3. The lowest BCUT2D eigenvalue weighted by molar-refractivity contribution is -0.136. The minimum absolute atomic E-state index is 0.00661. The van der Waals surface area contributed by atoms with Crippen LogP contribution in [-0.2, 0) is 9.59 Å². The number of hydrogen-bond donors (Lipinski definition) is 3. The van der Waals surface area contributed by atoms with Gasteiger partial charge in [0.05, 0.1) is 16.8 Å². The summed E-state index contributed by atoms with van der Waals surface area (Å²) in [7, 11) is 0. The van der Waals surface area contributed by atoms with E-state index in [9.17, 15) is 19.1 Å². The van der Waals surface area contributed by atoms with E-state index >= 15 is 0 Å². The quantitative estimate of drug-likeness (QED) is 0.740. The Balaban J connectivity index is 1.82. The zero-order valence-electron chi connectivity index (χ0n) is 11.9. The highest BCUT2D eigenvalue weighted by atomic mass is 35.5. The maximum atomic E-state index is 12.9. The summed E-state index contributed by atoms with van der Waals surface area (Å²) in [4.78, 5) is 23.4. The molecule has 0 bridgehead atoms. The lowest BCUT2D eigenvalue weighted by Gasteiger charge is -2.17. The Hall–Kier alpha value is -1.66. The molecule has 0 heterocycles. The van der Waals surface area contributed by atoms with Gasteiger partial charge >= 0.3 is 11.8 Å². The normalized spacial score (nSPS) is 16.3. The number of rotatable bonds is 4. The van der Waals surface area contributed by atoms with Crippen LogP contribution in [-0.4, -0.2) is 29.6 Å². The number of benzene rings is 1. The highest BCUT2D eigenvalue weighted by Crippen LogP contribution is 2.27. The number of nitrogens with one attached hydrogen (secondary N) is 2. The summed E-state index contributed by atoms with van der Waals surface area (Å²) in [5.41, 5.74) is 0.152. The highest BCUT2D eigenvalue weighted by Gasteiger charge is 2.24. The number of carbonyl (C=O) groups is 2. The molecule has 0 saturated heterocycles. The molecule has 2 amide bonds. The second-order valence-corrected chi connectivity index (χ2v) is 5.81. The van der Waals surface area contributed by atoms with Crippen LogP contribution in [0.15, 0.2) is 18.2 Å². The van der Waals surface area contributed by atoms with E-state index in [1.54, 1.807) is 0 Å². The molecule has 3 N–H and O–H groups in total. The van der Waals surface area contributed by atoms with Crippen molar-refractivity contribution < 1.29 is 19.1 Å². The van der Waals surface area contributed by atoms with Gasteiger partial charge in [-0.25, -0.2) is 4.39 Å². The second-order valence-electron chi connectivity index (χ2n) is 5.40. The largest absolute Gasteiger partial charge is 0.391 e. The molecule has 22 heavy (non-hydrogen) atoms. The summed E-state index contributed by atoms with van der Waals surface area (Å²) in [5, 5.41) is 14.6. The molecule has 0 aliphatic heterocycles. The molecule has 0 radical (unpaired) electrons. The first-order valence-corrected chi connectivity index (χ1v) is 7.57. The average molecular weight is 329 g/mol. The molecule has 0 aromatic heterocycles. The maximum Gasteiger partial charge on any atom is 0.313 e. The second kappa shape index (κ2) is 7.56. The number of aliphatic hydroxyl groups is 1. The van der Waals surface area contributed by atoms with Gasteiger partial charge in [-0.3, -0.25) is 9.59 Å². The van der Waals surface area contributed by atoms with Crippen molar-refractivity contribution in [1.82, 2.24) is 5.32 Å². The summed E-state index contributed by atoms with van der Waals surface area (Å²) in [6, 6.07) is 3.44. The van der Waals surface area contributed by atoms with Gasteiger partial charge in [-0.2, -0.15) is 0 Å². The number of amides is 2. The summed E-state index contributed by atoms with van der Waals surface area (Å²) in [6.07, 6.45) is 3.40. The fourth-order valence-corrected chi connectivity index (χ4v) is 2.77. The summed E-state index contributed by atoms with van der Waals surface area (Å²) in [5.74, 6) is -2.13. The third-order valence-electron chi connectivity index (χ3n) is 3.80. The Labute approximate surface area is 132 Å². The number of anilines is 1. The van der Waals surface area contributed by atoms with Gasteiger partial charge in [0.15, 0.2) is 0 Å². The number of hydrogen-bond acceptors (Lipinski definition) is 3. The maximum absolute atomic E-state index is 12.9. The van der Waals surface area contributed by atoms with Gasteiger partial charge in [0.2, 0.25) is 0 Å². The van der Waals surface area contributed by atoms with Gasteiger partial charge in [-0.1, -0.05) is 24.4 Å². The van der Waals surface area contributed by atoms with Crippen molar-refractivity contribution in [3.8, 4) is 0 Å². The number of carbonyl (C=O) groups excluding carboxylic acids is 2. The molecule has 120 valence electrons. The molecule has 5 nitrogen and oxygen atoms in total. The topological polar surface area (TPSA) is 78.4 Å². The number of aliphatic hydroxyl groups excluding tert-OH is 1. The standard InChI is InChI=1S/C15H18ClFN2O3/c16-11-7-10(17)5-6-12(11)19-15(22)14(21)18-8-13(20)9-3-1-2-4-9/h5-7,9,13,20H,1-4,8H2,(H,18,21)(H,19,22). The van der Waals surface area contributed by atoms with Crippen molar-refractivity contribution >= 4 is 29.1 Å². The van der Waals surface area contributed by atoms with E-state index in [1.807, 2.05) is 0 Å². The van der Waals surface area contributed by atoms with Crippen LogP contribution in [0.3, 0.4) is 0 Å². The Morgan fingerprint density at radius 2 is 2.00 bits per heavy atom. The molecule has 1 atom stereocenters. The van der Waals surface area contributed by atoms with Crippen molar-refractivity contribution in [3.05, 3.63) is 29.0 Å². The molecule has 1 saturated carbocycles. The van der Waals surface area contributed by atoms with Crippen molar-refractivity contribution in [2.45, 2.75) is 31.8 Å². The summed E-state index contributed by atoms with van der Waals surface area (Å²) in [6.45, 7) is 0.0358. The van der Waals surface area contributed by atoms with Crippen LogP contribution in [0.4, 0.5) is 10.1 Å². The Morgan fingerprint density at radius 1 is 1.32 bits per heavy atom. The first kappa shape index (κ1) is 16.7. The van der Waals surface area contributed by atoms with Crippen LogP contribution < -0.4 is 10.6 Å². The molecule has 1 aliphatic rings. The molecule has 1 aromatic carbocycles. The number of halogens is 2. The van der Waals surface area contributed by atoms with Crippen molar-refractivity contribution in [2.24, 2.45) is 5.92 Å². The average Bonchev–Trinajstić information content (AvgIpc) is 3.01. The van der Waals surface area contributed by atoms with Gasteiger partial charge in [-0.05, 0) is 37.0 Å². The lowest BCUT2D eigenvalue weighted by Crippen LogP contribution is -2.41. The third kappa shape index (κ3) is 4.42. The SMILES string of the molecule is O=C(NCC(O)C1CCCC1)C(=O)Nc1ccc(F)cc1Cl. The highest BCUT2D eigenvalue weighted by molar-refractivity contribution is 6.41. The zero-order valence-corrected chi connectivity index (χ0v) is 12.7. The van der Waals surface area contributed by atoms with E-state index in [4.69, 9.17) is 11.6 Å². The van der Waals surface area contributed by atoms with Crippen LogP contribution >= 0.6 is 11.6 Å². The third-order valence-corrected chi connectivity index (χ3v) is 4.11. The fourth-order valence-electron chi connectivity index (χ4n) is 2.56. The predicted molar refractivity (Wildman–Crippen MR) is 81.0 cm³/mol. The van der Waals surface area contributed by atoms with Crippen LogP contribution in [0.25, 0.3) is 0 Å². The van der Waals surface area contributed by atoms with Gasteiger partial charge in [-0.15, -0.1) is 0 Å². The fraction of sp³-hybridized carbons (Fsp3) is 0.467. The van der Waals surface area contributed by atoms with Gasteiger partial charge in [0.1, 0.15) is 5.82 Å². The van der Waals surface area contributed by atoms with E-state index in [-0.39, 0.29) is 23.2 Å². The lowest BCUT2D eigenvalue weighted by atomic mass is 10.0. The van der Waals surface area contributed by atoms with Crippen molar-refractivity contribution in [3.63, 3.8) is 0 Å². The molecule has 2 rings (SSSR count). The van der Waals surface area contributed by atoms with E-state index in [1.165, 1.54) is 6.07 Å². The van der Waals surface area contributed by atoms with Crippen LogP contribution in [0.5, 0.6) is 0 Å². The predicted octanol–water partition coefficient (Wildman–Crippen LogP) is 2.08. The minimum Gasteiger partial charge on any atom is -0.391 e. The monoisotopic (exact) mass is 328 g/mol. The van der Waals surface area contributed by atoms with E-state index < -0.39 is 23.7 Å². The van der Waals surface area contributed by atoms with Gasteiger partial charge in [0, 0.05) is 6.54 Å². The van der Waals surface area contributed by atoms with Gasteiger partial charge < -0.3 is 15.7 Å². The molecule has 0 spiro atoms. The van der Waals surface area contributed by atoms with E-state index in [0.29, 0.717) is 0 Å². The summed E-state index contributed by atoms with van der Waals surface area (Å²) < 4.78 is 12.9. The first-order valence-electron chi connectivity index (χ1n) is 7.19. The summed E-state index contributed by atoms with van der Waals surface area (Å²) >= 11 is 5.77. The Morgan fingerprint density at radius 3 is 2.64 bits per heavy atom. The molecule has 1 aromatic rings. The molecule has 1 unspecified atom stereocenters. The molecule has 1 fully saturated rings. The van der Waals surface area contributed by atoms with Crippen LogP contribution in [0.2, 0.25) is 5.02 Å². The van der Waals surface area contributed by atoms with Crippen molar-refractivity contribution in [2.75, 3.05) is 11.9 Å². The van der Waals surface area contributed by atoms with Crippen LogP contribution in [0, 0.1) is 11.7 Å². The molecule has 7 heteroatoms.